The Morgan fingerprint density at radius 2 is 1.75 bits per heavy atom. The van der Waals surface area contributed by atoms with Crippen LogP contribution in [0.2, 0.25) is 0 Å². The molecule has 5 nitrogen and oxygen atoms in total. The van der Waals surface area contributed by atoms with E-state index >= 15 is 0 Å². The van der Waals surface area contributed by atoms with E-state index in [-0.39, 0.29) is 11.5 Å². The normalized spacial score (nSPS) is 12.5. The summed E-state index contributed by atoms with van der Waals surface area (Å²) in [5, 5.41) is 6.71. The van der Waals surface area contributed by atoms with Gasteiger partial charge in [-0.15, -0.1) is 0 Å². The minimum Gasteiger partial charge on any atom is -0.481 e. The predicted octanol–water partition coefficient (Wildman–Crippen LogP) is 4.61. The van der Waals surface area contributed by atoms with Gasteiger partial charge in [0.25, 0.3) is 5.91 Å². The Morgan fingerprint density at radius 1 is 1.11 bits per heavy atom. The number of hydrogen-bond donors (Lipinski definition) is 1. The number of rotatable bonds is 5. The van der Waals surface area contributed by atoms with Crippen molar-refractivity contribution in [2.75, 3.05) is 5.32 Å². The summed E-state index contributed by atoms with van der Waals surface area (Å²) in [5.74, 6) is 0.134. The van der Waals surface area contributed by atoms with Crippen molar-refractivity contribution in [3.8, 4) is 11.4 Å². The second-order valence-electron chi connectivity index (χ2n) is 6.16. The molecule has 3 rings (SSSR count). The number of nitrogens with zero attached hydrogens (tertiary/aromatic N) is 2. The second kappa shape index (κ2) is 7.75. The van der Waals surface area contributed by atoms with Crippen LogP contribution in [-0.4, -0.2) is 21.8 Å². The Kier molecular flexibility index (Phi) is 5.39. The smallest absolute Gasteiger partial charge is 0.418 e. The van der Waals surface area contributed by atoms with E-state index in [1.807, 2.05) is 6.07 Å². The van der Waals surface area contributed by atoms with Gasteiger partial charge in [0.15, 0.2) is 6.10 Å². The molecule has 1 N–H and O–H groups in total. The highest BCUT2D eigenvalue weighted by molar-refractivity contribution is 5.93. The van der Waals surface area contributed by atoms with E-state index in [1.165, 1.54) is 24.3 Å². The van der Waals surface area contributed by atoms with Crippen LogP contribution in [0.3, 0.4) is 0 Å². The van der Waals surface area contributed by atoms with Gasteiger partial charge in [-0.2, -0.15) is 18.3 Å². The molecule has 3 aromatic rings. The number of nitrogens with one attached hydrogen (secondary N) is 1. The molecule has 0 saturated carbocycles. The summed E-state index contributed by atoms with van der Waals surface area (Å²) in [7, 11) is 0. The van der Waals surface area contributed by atoms with Crippen LogP contribution in [0.4, 0.5) is 19.0 Å². The molecule has 146 valence electrons. The number of anilines is 1. The third kappa shape index (κ3) is 4.33. The average molecular weight is 389 g/mol. The predicted molar refractivity (Wildman–Crippen MR) is 98.5 cm³/mol. The maximum absolute atomic E-state index is 13.4. The monoisotopic (exact) mass is 389 g/mol. The number of amides is 1. The van der Waals surface area contributed by atoms with Gasteiger partial charge in [-0.1, -0.05) is 30.3 Å². The Balaban J connectivity index is 1.87. The van der Waals surface area contributed by atoms with E-state index < -0.39 is 23.8 Å². The van der Waals surface area contributed by atoms with Crippen molar-refractivity contribution in [2.45, 2.75) is 26.1 Å². The van der Waals surface area contributed by atoms with E-state index in [9.17, 15) is 18.0 Å². The third-order valence-electron chi connectivity index (χ3n) is 3.95. The van der Waals surface area contributed by atoms with Gasteiger partial charge in [0.2, 0.25) is 0 Å². The van der Waals surface area contributed by atoms with Crippen molar-refractivity contribution < 1.29 is 22.7 Å². The summed E-state index contributed by atoms with van der Waals surface area (Å²) in [6.45, 7) is 3.19. The van der Waals surface area contributed by atoms with Gasteiger partial charge >= 0.3 is 6.18 Å². The average Bonchev–Trinajstić information content (AvgIpc) is 3.02. The van der Waals surface area contributed by atoms with Crippen molar-refractivity contribution in [1.82, 2.24) is 9.78 Å². The van der Waals surface area contributed by atoms with Gasteiger partial charge in [0, 0.05) is 6.07 Å². The first-order chi connectivity index (χ1) is 13.3. The Morgan fingerprint density at radius 3 is 2.43 bits per heavy atom. The molecule has 1 atom stereocenters. The van der Waals surface area contributed by atoms with Crippen LogP contribution in [0.1, 0.15) is 18.2 Å². The lowest BCUT2D eigenvalue weighted by atomic mass is 10.1. The zero-order chi connectivity index (χ0) is 20.3. The largest absolute Gasteiger partial charge is 0.481 e. The van der Waals surface area contributed by atoms with E-state index in [2.05, 4.69) is 10.4 Å². The summed E-state index contributed by atoms with van der Waals surface area (Å²) >= 11 is 0. The number of benzene rings is 2. The van der Waals surface area contributed by atoms with Crippen LogP contribution in [0, 0.1) is 6.92 Å². The van der Waals surface area contributed by atoms with Gasteiger partial charge in [0.05, 0.1) is 16.9 Å². The third-order valence-corrected chi connectivity index (χ3v) is 3.95. The first-order valence-electron chi connectivity index (χ1n) is 8.51. The molecule has 1 heterocycles. The van der Waals surface area contributed by atoms with Crippen LogP contribution < -0.4 is 10.1 Å². The van der Waals surface area contributed by atoms with E-state index in [4.69, 9.17) is 4.74 Å². The lowest BCUT2D eigenvalue weighted by Crippen LogP contribution is -2.31. The van der Waals surface area contributed by atoms with Crippen molar-refractivity contribution in [2.24, 2.45) is 0 Å². The fourth-order valence-corrected chi connectivity index (χ4v) is 2.65. The van der Waals surface area contributed by atoms with Crippen LogP contribution in [0.5, 0.6) is 5.75 Å². The van der Waals surface area contributed by atoms with Crippen LogP contribution in [0.15, 0.2) is 60.7 Å². The topological polar surface area (TPSA) is 56.1 Å². The molecule has 0 spiro atoms. The number of aryl methyl sites for hydroxylation is 1. The Hall–Kier alpha value is -3.29. The number of carbonyl (C=O) groups excluding carboxylic acids is 1. The van der Waals surface area contributed by atoms with Crippen LogP contribution >= 0.6 is 0 Å². The molecule has 0 aliphatic rings. The van der Waals surface area contributed by atoms with Gasteiger partial charge in [-0.05, 0) is 38.1 Å². The minimum absolute atomic E-state index is 0.128. The molecule has 1 amide bonds. The molecular weight excluding hydrogens is 371 g/mol. The quantitative estimate of drug-likeness (QED) is 0.694. The molecule has 0 bridgehead atoms. The van der Waals surface area contributed by atoms with Crippen molar-refractivity contribution in [3.63, 3.8) is 0 Å². The Bertz CT molecular complexity index is 968. The summed E-state index contributed by atoms with van der Waals surface area (Å²) in [5.41, 5.74) is -0.555. The molecule has 0 aliphatic carbocycles. The second-order valence-corrected chi connectivity index (χ2v) is 6.16. The van der Waals surface area contributed by atoms with E-state index in [0.717, 1.165) is 10.7 Å². The Labute approximate surface area is 159 Å². The first kappa shape index (κ1) is 19.5. The molecule has 0 saturated heterocycles. The highest BCUT2D eigenvalue weighted by Gasteiger charge is 2.34. The van der Waals surface area contributed by atoms with Crippen molar-refractivity contribution in [1.29, 1.82) is 0 Å². The zero-order valence-electron chi connectivity index (χ0n) is 15.2. The minimum atomic E-state index is -4.55. The summed E-state index contributed by atoms with van der Waals surface area (Å²) < 4.78 is 46.7. The van der Waals surface area contributed by atoms with Gasteiger partial charge in [0.1, 0.15) is 11.6 Å². The van der Waals surface area contributed by atoms with E-state index in [1.54, 1.807) is 38.1 Å². The number of hydrogen-bond acceptors (Lipinski definition) is 3. The molecule has 0 fully saturated rings. The molecule has 1 aromatic heterocycles. The fraction of sp³-hybridized carbons (Fsp3) is 0.200. The van der Waals surface area contributed by atoms with Gasteiger partial charge < -0.3 is 10.1 Å². The number of alkyl halides is 3. The molecular formula is C20H18F3N3O2. The van der Waals surface area contributed by atoms with Crippen LogP contribution in [0.25, 0.3) is 5.69 Å². The summed E-state index contributed by atoms with van der Waals surface area (Å²) in [6, 6.07) is 15.3. The summed E-state index contributed by atoms with van der Waals surface area (Å²) in [4.78, 5) is 12.5. The van der Waals surface area contributed by atoms with Crippen molar-refractivity contribution in [3.05, 3.63) is 71.9 Å². The number of aromatic nitrogens is 2. The number of ether oxygens (including phenoxy) is 1. The fourth-order valence-electron chi connectivity index (χ4n) is 2.65. The first-order valence-corrected chi connectivity index (χ1v) is 8.51. The van der Waals surface area contributed by atoms with Gasteiger partial charge in [-0.3, -0.25) is 4.79 Å². The molecule has 8 heteroatoms. The lowest BCUT2D eigenvalue weighted by Gasteiger charge is -2.17. The number of para-hydroxylation sites is 2. The highest BCUT2D eigenvalue weighted by Crippen LogP contribution is 2.34. The van der Waals surface area contributed by atoms with E-state index in [0.29, 0.717) is 11.4 Å². The molecule has 0 radical (unpaired) electrons. The highest BCUT2D eigenvalue weighted by atomic mass is 19.4. The van der Waals surface area contributed by atoms with Crippen molar-refractivity contribution >= 4 is 11.7 Å². The maximum atomic E-state index is 13.4. The van der Waals surface area contributed by atoms with Gasteiger partial charge in [-0.25, -0.2) is 4.68 Å². The molecule has 28 heavy (non-hydrogen) atoms. The lowest BCUT2D eigenvalue weighted by molar-refractivity contribution is -0.137. The summed E-state index contributed by atoms with van der Waals surface area (Å²) in [6.07, 6.45) is -5.41. The molecule has 1 unspecified atom stereocenters. The number of halogens is 3. The SMILES string of the molecule is Cc1cc(NC(=O)C(C)Oc2ccccc2)n(-c2ccccc2C(F)(F)F)n1. The molecule has 2 aromatic carbocycles. The standard InChI is InChI=1S/C20H18F3N3O2/c1-13-12-18(24-19(27)14(2)28-15-8-4-3-5-9-15)26(25-13)17-11-7-6-10-16(17)20(21,22)23/h3-12,14H,1-2H3,(H,24,27). The molecule has 0 aliphatic heterocycles. The maximum Gasteiger partial charge on any atom is 0.418 e. The number of carbonyl (C=O) groups is 1. The zero-order valence-corrected chi connectivity index (χ0v) is 15.2. The van der Waals surface area contributed by atoms with Crippen LogP contribution in [-0.2, 0) is 11.0 Å².